The third-order valence-corrected chi connectivity index (χ3v) is 5.16. The van der Waals surface area contributed by atoms with Crippen LogP contribution in [0.25, 0.3) is 6.08 Å². The molecule has 2 heterocycles. The molecule has 1 aliphatic heterocycles. The number of benzene rings is 1. The first-order valence-corrected chi connectivity index (χ1v) is 9.84. The van der Waals surface area contributed by atoms with Crippen LogP contribution in [0.5, 0.6) is 0 Å². The Morgan fingerprint density at radius 2 is 1.90 bits per heavy atom. The van der Waals surface area contributed by atoms with Gasteiger partial charge in [0, 0.05) is 13.1 Å². The normalized spacial score (nSPS) is 17.1. The van der Waals surface area contributed by atoms with E-state index < -0.39 is 23.5 Å². The first-order valence-electron chi connectivity index (χ1n) is 9.84. The van der Waals surface area contributed by atoms with Gasteiger partial charge < -0.3 is 19.3 Å². The van der Waals surface area contributed by atoms with E-state index in [0.717, 1.165) is 18.7 Å². The van der Waals surface area contributed by atoms with Gasteiger partial charge in [0.05, 0.1) is 11.8 Å². The Morgan fingerprint density at radius 3 is 2.52 bits per heavy atom. The maximum absolute atomic E-state index is 12.9. The van der Waals surface area contributed by atoms with Gasteiger partial charge in [-0.1, -0.05) is 50.3 Å². The molecule has 0 spiro atoms. The number of likely N-dealkylation sites (N-methyl/N-ethyl adjacent to an activating group) is 1. The van der Waals surface area contributed by atoms with E-state index in [1.54, 1.807) is 18.2 Å². The Labute approximate surface area is 170 Å². The lowest BCUT2D eigenvalue weighted by Crippen LogP contribution is -2.38. The molecule has 3 rings (SSSR count). The summed E-state index contributed by atoms with van der Waals surface area (Å²) in [6, 6.07) is 12.1. The van der Waals surface area contributed by atoms with Crippen LogP contribution in [-0.4, -0.2) is 52.8 Å². The molecule has 1 N–H and O–H groups in total. The summed E-state index contributed by atoms with van der Waals surface area (Å²) in [6.07, 6.45) is 4.56. The van der Waals surface area contributed by atoms with E-state index in [1.807, 2.05) is 30.3 Å². The summed E-state index contributed by atoms with van der Waals surface area (Å²) >= 11 is 0. The highest BCUT2D eigenvalue weighted by Gasteiger charge is 2.44. The van der Waals surface area contributed by atoms with Crippen molar-refractivity contribution in [3.8, 4) is 0 Å². The summed E-state index contributed by atoms with van der Waals surface area (Å²) < 4.78 is 5.52. The lowest BCUT2D eigenvalue weighted by atomic mass is 10.0. The topological polar surface area (TPSA) is 74.0 Å². The van der Waals surface area contributed by atoms with Crippen LogP contribution in [0.1, 0.15) is 31.2 Å². The maximum Gasteiger partial charge on any atom is 0.290 e. The smallest absolute Gasteiger partial charge is 0.290 e. The van der Waals surface area contributed by atoms with Gasteiger partial charge in [-0.3, -0.25) is 9.59 Å². The molecule has 6 nitrogen and oxygen atoms in total. The predicted octanol–water partition coefficient (Wildman–Crippen LogP) is 3.60. The Morgan fingerprint density at radius 1 is 1.17 bits per heavy atom. The summed E-state index contributed by atoms with van der Waals surface area (Å²) in [5, 5.41) is 10.5. The number of ketones is 1. The van der Waals surface area contributed by atoms with Crippen LogP contribution in [0, 0.1) is 0 Å². The monoisotopic (exact) mass is 394 g/mol. The highest BCUT2D eigenvalue weighted by atomic mass is 16.3. The molecule has 0 saturated carbocycles. The number of hydrogen-bond acceptors (Lipinski definition) is 5. The van der Waals surface area contributed by atoms with Crippen molar-refractivity contribution in [3.63, 3.8) is 0 Å². The molecule has 0 saturated heterocycles. The van der Waals surface area contributed by atoms with Crippen molar-refractivity contribution in [1.29, 1.82) is 0 Å². The summed E-state index contributed by atoms with van der Waals surface area (Å²) in [6.45, 7) is 6.85. The fourth-order valence-corrected chi connectivity index (χ4v) is 3.49. The highest BCUT2D eigenvalue weighted by molar-refractivity contribution is 6.14. The largest absolute Gasteiger partial charge is 0.503 e. The van der Waals surface area contributed by atoms with E-state index in [0.29, 0.717) is 18.8 Å². The molecule has 0 aliphatic carbocycles. The SMILES string of the molecule is CCN(CC)CCN1C(=O)C(O)=C(C(=O)/C=C/c2ccccc2)C1c1ccco1. The molecule has 6 heteroatoms. The van der Waals surface area contributed by atoms with E-state index in [1.165, 1.54) is 17.2 Å². The highest BCUT2D eigenvalue weighted by Crippen LogP contribution is 2.38. The third-order valence-electron chi connectivity index (χ3n) is 5.16. The van der Waals surface area contributed by atoms with Gasteiger partial charge in [-0.15, -0.1) is 0 Å². The number of allylic oxidation sites excluding steroid dienone is 1. The minimum absolute atomic E-state index is 0.0525. The van der Waals surface area contributed by atoms with Gasteiger partial charge in [-0.2, -0.15) is 0 Å². The lowest BCUT2D eigenvalue weighted by Gasteiger charge is -2.27. The number of hydrogen-bond donors (Lipinski definition) is 1. The Hall–Kier alpha value is -3.12. The van der Waals surface area contributed by atoms with Gasteiger partial charge in [0.2, 0.25) is 0 Å². The Kier molecular flexibility index (Phi) is 6.67. The lowest BCUT2D eigenvalue weighted by molar-refractivity contribution is -0.129. The molecule has 1 unspecified atom stereocenters. The molecular formula is C23H26N2O4. The molecule has 0 bridgehead atoms. The zero-order chi connectivity index (χ0) is 20.8. The summed E-state index contributed by atoms with van der Waals surface area (Å²) in [4.78, 5) is 29.4. The quantitative estimate of drug-likeness (QED) is 0.658. The molecule has 1 aliphatic rings. The van der Waals surface area contributed by atoms with E-state index in [4.69, 9.17) is 4.42 Å². The van der Waals surface area contributed by atoms with Crippen LogP contribution in [0.2, 0.25) is 0 Å². The summed E-state index contributed by atoms with van der Waals surface area (Å²) in [7, 11) is 0. The van der Waals surface area contributed by atoms with Crippen molar-refractivity contribution in [2.75, 3.05) is 26.2 Å². The first-order chi connectivity index (χ1) is 14.1. The Balaban J connectivity index is 1.88. The van der Waals surface area contributed by atoms with Gasteiger partial charge in [0.25, 0.3) is 5.91 Å². The van der Waals surface area contributed by atoms with Crippen LogP contribution >= 0.6 is 0 Å². The number of carbonyl (C=O) groups is 2. The molecule has 1 aromatic heterocycles. The van der Waals surface area contributed by atoms with Gasteiger partial charge in [0.1, 0.15) is 11.8 Å². The fraction of sp³-hybridized carbons (Fsp3) is 0.304. The first kappa shape index (κ1) is 20.6. The van der Waals surface area contributed by atoms with Crippen molar-refractivity contribution < 1.29 is 19.1 Å². The van der Waals surface area contributed by atoms with Gasteiger partial charge in [0.15, 0.2) is 11.5 Å². The fourth-order valence-electron chi connectivity index (χ4n) is 3.49. The van der Waals surface area contributed by atoms with Crippen molar-refractivity contribution in [1.82, 2.24) is 9.80 Å². The minimum Gasteiger partial charge on any atom is -0.503 e. The number of amides is 1. The number of rotatable bonds is 9. The standard InChI is InChI=1S/C23H26N2O4/c1-3-24(4-2)14-15-25-21(19-11-8-16-29-19)20(22(27)23(25)28)18(26)13-12-17-9-6-5-7-10-17/h5-13,16,21,27H,3-4,14-15H2,1-2H3/b13-12+. The second-order valence-corrected chi connectivity index (χ2v) is 6.81. The van der Waals surface area contributed by atoms with E-state index in [2.05, 4.69) is 18.7 Å². The second-order valence-electron chi connectivity index (χ2n) is 6.81. The van der Waals surface area contributed by atoms with Crippen molar-refractivity contribution in [3.05, 3.63) is 77.5 Å². The van der Waals surface area contributed by atoms with E-state index in [9.17, 15) is 14.7 Å². The Bertz CT molecular complexity index is 896. The molecule has 0 fully saturated rings. The number of furan rings is 1. The molecule has 29 heavy (non-hydrogen) atoms. The number of nitrogens with zero attached hydrogens (tertiary/aromatic N) is 2. The molecule has 0 radical (unpaired) electrons. The van der Waals surface area contributed by atoms with Crippen molar-refractivity contribution >= 4 is 17.8 Å². The molecule has 152 valence electrons. The van der Waals surface area contributed by atoms with Crippen LogP contribution in [0.15, 0.2) is 70.6 Å². The molecule has 1 amide bonds. The van der Waals surface area contributed by atoms with Crippen molar-refractivity contribution in [2.24, 2.45) is 0 Å². The summed E-state index contributed by atoms with van der Waals surface area (Å²) in [5.41, 5.74) is 0.912. The second kappa shape index (κ2) is 9.39. The molecule has 1 atom stereocenters. The van der Waals surface area contributed by atoms with Gasteiger partial charge in [-0.05, 0) is 36.9 Å². The zero-order valence-corrected chi connectivity index (χ0v) is 16.7. The van der Waals surface area contributed by atoms with Gasteiger partial charge >= 0.3 is 0 Å². The third kappa shape index (κ3) is 4.49. The average molecular weight is 394 g/mol. The van der Waals surface area contributed by atoms with Crippen LogP contribution in [-0.2, 0) is 9.59 Å². The molecule has 1 aromatic carbocycles. The predicted molar refractivity (Wildman–Crippen MR) is 111 cm³/mol. The number of carbonyl (C=O) groups excluding carboxylic acids is 2. The summed E-state index contributed by atoms with van der Waals surface area (Å²) in [5.74, 6) is -1.01. The van der Waals surface area contributed by atoms with Crippen LogP contribution in [0.3, 0.4) is 0 Å². The molecular weight excluding hydrogens is 368 g/mol. The minimum atomic E-state index is -0.735. The number of aliphatic hydroxyl groups excluding tert-OH is 1. The van der Waals surface area contributed by atoms with E-state index in [-0.39, 0.29) is 5.57 Å². The van der Waals surface area contributed by atoms with Gasteiger partial charge in [-0.25, -0.2) is 0 Å². The maximum atomic E-state index is 12.9. The average Bonchev–Trinajstić information content (AvgIpc) is 3.36. The zero-order valence-electron chi connectivity index (χ0n) is 16.7. The number of aliphatic hydroxyl groups is 1. The van der Waals surface area contributed by atoms with Crippen LogP contribution in [0.4, 0.5) is 0 Å². The van der Waals surface area contributed by atoms with Crippen LogP contribution < -0.4 is 0 Å². The molecule has 2 aromatic rings. The van der Waals surface area contributed by atoms with Crippen molar-refractivity contribution in [2.45, 2.75) is 19.9 Å². The van der Waals surface area contributed by atoms with E-state index >= 15 is 0 Å².